The second-order valence-electron chi connectivity index (χ2n) is 3.84. The number of sulfonamides is 1. The maximum Gasteiger partial charge on any atom is 0.266 e. The van der Waals surface area contributed by atoms with Crippen molar-refractivity contribution in [1.82, 2.24) is 15.0 Å². The van der Waals surface area contributed by atoms with Crippen LogP contribution < -0.4 is 15.6 Å². The summed E-state index contributed by atoms with van der Waals surface area (Å²) >= 11 is 5.56. The zero-order chi connectivity index (χ0) is 13.3. The summed E-state index contributed by atoms with van der Waals surface area (Å²) in [5.74, 6) is -0.206. The topological polar surface area (TPSA) is 108 Å². The number of aromatic nitrogens is 1. The monoisotopic (exact) mass is 291 g/mol. The Labute approximate surface area is 108 Å². The molecule has 1 fully saturated rings. The molecule has 1 atom stereocenters. The van der Waals surface area contributed by atoms with Gasteiger partial charge in [-0.2, -0.15) is 0 Å². The van der Waals surface area contributed by atoms with E-state index in [1.54, 1.807) is 0 Å². The van der Waals surface area contributed by atoms with Crippen LogP contribution in [0.25, 0.3) is 0 Å². The number of amides is 1. The highest BCUT2D eigenvalue weighted by molar-refractivity contribution is 7.89. The molecule has 1 aromatic heterocycles. The van der Waals surface area contributed by atoms with E-state index in [-0.39, 0.29) is 28.8 Å². The van der Waals surface area contributed by atoms with Gasteiger partial charge in [-0.05, 0) is 6.07 Å². The first-order valence-electron chi connectivity index (χ1n) is 5.06. The molecule has 18 heavy (non-hydrogen) atoms. The predicted octanol–water partition coefficient (Wildman–Crippen LogP) is -0.805. The fourth-order valence-corrected chi connectivity index (χ4v) is 3.03. The van der Waals surface area contributed by atoms with E-state index in [1.807, 2.05) is 0 Å². The van der Waals surface area contributed by atoms with E-state index in [0.717, 1.165) is 12.3 Å². The van der Waals surface area contributed by atoms with Gasteiger partial charge in [0, 0.05) is 25.2 Å². The number of hydrogen-bond donors (Lipinski definition) is 3. The predicted molar refractivity (Wildman–Crippen MR) is 63.8 cm³/mol. The molecule has 3 N–H and O–H groups in total. The molecule has 1 aliphatic rings. The van der Waals surface area contributed by atoms with Gasteiger partial charge in [-0.1, -0.05) is 11.6 Å². The molecule has 2 heterocycles. The first kappa shape index (κ1) is 13.1. The van der Waals surface area contributed by atoms with E-state index < -0.39 is 21.6 Å². The molecule has 2 rings (SSSR count). The quantitative estimate of drug-likeness (QED) is 0.677. The van der Waals surface area contributed by atoms with Gasteiger partial charge >= 0.3 is 0 Å². The lowest BCUT2D eigenvalue weighted by molar-refractivity contribution is -0.119. The number of aromatic amines is 1. The van der Waals surface area contributed by atoms with Crippen molar-refractivity contribution in [2.24, 2.45) is 0 Å². The van der Waals surface area contributed by atoms with Gasteiger partial charge < -0.3 is 10.3 Å². The molecule has 1 amide bonds. The van der Waals surface area contributed by atoms with Crippen molar-refractivity contribution in [2.45, 2.75) is 17.4 Å². The number of carbonyl (C=O) groups is 1. The maximum absolute atomic E-state index is 11.9. The fourth-order valence-electron chi connectivity index (χ4n) is 1.57. The average molecular weight is 292 g/mol. The normalized spacial score (nSPS) is 19.8. The summed E-state index contributed by atoms with van der Waals surface area (Å²) in [6.45, 7) is 0.245. The summed E-state index contributed by atoms with van der Waals surface area (Å²) in [7, 11) is -3.80. The molecule has 0 spiro atoms. The van der Waals surface area contributed by atoms with Crippen LogP contribution in [-0.4, -0.2) is 31.9 Å². The van der Waals surface area contributed by atoms with E-state index >= 15 is 0 Å². The van der Waals surface area contributed by atoms with Crippen molar-refractivity contribution in [2.75, 3.05) is 6.54 Å². The zero-order valence-electron chi connectivity index (χ0n) is 9.07. The summed E-state index contributed by atoms with van der Waals surface area (Å²) in [6, 6.07) is 0.570. The summed E-state index contributed by atoms with van der Waals surface area (Å²) in [4.78, 5) is 24.1. The molecule has 1 aromatic rings. The molecule has 0 saturated carbocycles. The van der Waals surface area contributed by atoms with Crippen LogP contribution in [0, 0.1) is 0 Å². The Hall–Kier alpha value is -1.38. The fraction of sp³-hybridized carbons (Fsp3) is 0.333. The lowest BCUT2D eigenvalue weighted by atomic mass is 10.3. The van der Waals surface area contributed by atoms with Crippen molar-refractivity contribution < 1.29 is 13.2 Å². The highest BCUT2D eigenvalue weighted by atomic mass is 35.5. The van der Waals surface area contributed by atoms with Crippen LogP contribution in [0.1, 0.15) is 6.42 Å². The van der Waals surface area contributed by atoms with Crippen LogP contribution in [0.2, 0.25) is 5.02 Å². The minimum absolute atomic E-state index is 0.0936. The minimum atomic E-state index is -3.80. The third-order valence-electron chi connectivity index (χ3n) is 2.44. The van der Waals surface area contributed by atoms with Crippen molar-refractivity contribution in [3.63, 3.8) is 0 Å². The van der Waals surface area contributed by atoms with Crippen LogP contribution in [0.15, 0.2) is 22.0 Å². The van der Waals surface area contributed by atoms with Crippen LogP contribution in [0.4, 0.5) is 0 Å². The molecule has 0 radical (unpaired) electrons. The second kappa shape index (κ2) is 4.71. The van der Waals surface area contributed by atoms with Gasteiger partial charge in [-0.25, -0.2) is 13.1 Å². The number of carbonyl (C=O) groups excluding carboxylic acids is 1. The van der Waals surface area contributed by atoms with Gasteiger partial charge in [0.05, 0.1) is 4.90 Å². The van der Waals surface area contributed by atoms with Crippen LogP contribution in [-0.2, 0) is 14.8 Å². The van der Waals surface area contributed by atoms with E-state index in [4.69, 9.17) is 11.6 Å². The summed E-state index contributed by atoms with van der Waals surface area (Å²) in [6.07, 6.45) is 1.15. The molecule has 0 aromatic carbocycles. The molecule has 1 aliphatic heterocycles. The lowest BCUT2D eigenvalue weighted by Crippen LogP contribution is -2.36. The summed E-state index contributed by atoms with van der Waals surface area (Å²) in [5.41, 5.74) is -0.562. The van der Waals surface area contributed by atoms with E-state index in [0.29, 0.717) is 0 Å². The lowest BCUT2D eigenvalue weighted by Gasteiger charge is -2.10. The second-order valence-corrected chi connectivity index (χ2v) is 5.96. The Morgan fingerprint density at radius 2 is 2.11 bits per heavy atom. The molecule has 1 unspecified atom stereocenters. The van der Waals surface area contributed by atoms with Gasteiger partial charge in [0.2, 0.25) is 15.9 Å². The first-order valence-corrected chi connectivity index (χ1v) is 6.92. The number of H-pyrrole nitrogens is 1. The third-order valence-corrected chi connectivity index (χ3v) is 4.22. The molecule has 0 aliphatic carbocycles. The summed E-state index contributed by atoms with van der Waals surface area (Å²) < 4.78 is 26.2. The van der Waals surface area contributed by atoms with Crippen LogP contribution >= 0.6 is 11.6 Å². The van der Waals surface area contributed by atoms with Crippen molar-refractivity contribution in [1.29, 1.82) is 0 Å². The molecule has 9 heteroatoms. The van der Waals surface area contributed by atoms with Crippen molar-refractivity contribution >= 4 is 27.5 Å². The van der Waals surface area contributed by atoms with Gasteiger partial charge in [0.15, 0.2) is 0 Å². The SMILES string of the molecule is O=C1CC(NS(=O)(=O)c2c[nH]c(=O)c(Cl)c2)CN1. The van der Waals surface area contributed by atoms with Crippen molar-refractivity contribution in [3.8, 4) is 0 Å². The highest BCUT2D eigenvalue weighted by Crippen LogP contribution is 2.12. The van der Waals surface area contributed by atoms with Crippen LogP contribution in [0.3, 0.4) is 0 Å². The molecular formula is C9H10ClN3O4S. The smallest absolute Gasteiger partial charge is 0.266 e. The Kier molecular flexibility index (Phi) is 3.42. The number of pyridine rings is 1. The zero-order valence-corrected chi connectivity index (χ0v) is 10.6. The van der Waals surface area contributed by atoms with Gasteiger partial charge in [-0.15, -0.1) is 0 Å². The minimum Gasteiger partial charge on any atom is -0.354 e. The summed E-state index contributed by atoms with van der Waals surface area (Å²) in [5, 5.41) is 2.30. The Balaban J connectivity index is 2.22. The standard InChI is InChI=1S/C9H10ClN3O4S/c10-7-2-6(4-12-9(7)15)18(16,17)13-5-1-8(14)11-3-5/h2,4-5,13H,1,3H2,(H,11,14)(H,12,15). The first-order chi connectivity index (χ1) is 8.38. The third kappa shape index (κ3) is 2.71. The largest absolute Gasteiger partial charge is 0.354 e. The van der Waals surface area contributed by atoms with E-state index in [9.17, 15) is 18.0 Å². The van der Waals surface area contributed by atoms with Gasteiger partial charge in [0.25, 0.3) is 5.56 Å². The Morgan fingerprint density at radius 3 is 2.67 bits per heavy atom. The molecule has 7 nitrogen and oxygen atoms in total. The number of halogens is 1. The Bertz CT molecular complexity index is 639. The Morgan fingerprint density at radius 1 is 1.39 bits per heavy atom. The number of hydrogen-bond acceptors (Lipinski definition) is 4. The molecular weight excluding hydrogens is 282 g/mol. The average Bonchev–Trinajstić information content (AvgIpc) is 2.67. The van der Waals surface area contributed by atoms with Gasteiger partial charge in [0.1, 0.15) is 5.02 Å². The van der Waals surface area contributed by atoms with E-state index in [1.165, 1.54) is 0 Å². The number of nitrogens with one attached hydrogen (secondary N) is 3. The number of rotatable bonds is 3. The molecule has 0 bridgehead atoms. The van der Waals surface area contributed by atoms with E-state index in [2.05, 4.69) is 15.0 Å². The maximum atomic E-state index is 11.9. The highest BCUT2D eigenvalue weighted by Gasteiger charge is 2.27. The van der Waals surface area contributed by atoms with Gasteiger partial charge in [-0.3, -0.25) is 9.59 Å². The van der Waals surface area contributed by atoms with Crippen LogP contribution in [0.5, 0.6) is 0 Å². The molecule has 98 valence electrons. The van der Waals surface area contributed by atoms with Crippen molar-refractivity contribution in [3.05, 3.63) is 27.6 Å². The molecule has 1 saturated heterocycles.